The van der Waals surface area contributed by atoms with Crippen molar-refractivity contribution in [2.75, 3.05) is 24.7 Å². The van der Waals surface area contributed by atoms with E-state index in [0.717, 1.165) is 35.6 Å². The number of aromatic nitrogens is 2. The van der Waals surface area contributed by atoms with Crippen LogP contribution in [-0.4, -0.2) is 45.8 Å². The summed E-state index contributed by atoms with van der Waals surface area (Å²) in [5.74, 6) is 0.689. The van der Waals surface area contributed by atoms with E-state index in [1.54, 1.807) is 23.0 Å². The summed E-state index contributed by atoms with van der Waals surface area (Å²) in [7, 11) is 1.61. The largest absolute Gasteiger partial charge is 0.497 e. The topological polar surface area (TPSA) is 76.5 Å². The summed E-state index contributed by atoms with van der Waals surface area (Å²) in [6.07, 6.45) is 0.832. The Hall–Kier alpha value is -3.14. The van der Waals surface area contributed by atoms with Crippen molar-refractivity contribution in [2.45, 2.75) is 38.0 Å². The van der Waals surface area contributed by atoms with Crippen molar-refractivity contribution < 1.29 is 9.53 Å². The Balaban J connectivity index is 1.54. The number of para-hydroxylation sites is 1. The standard InChI is InChI=1S/C27H28N4O3S2/c1-17(2)30-14-13-21-22(15-30)36-25-24(21)26(33)31(19-9-11-20(34-3)12-10-19)27(29-25)35-16-23(32)28-18-7-5-4-6-8-18/h4-12,17H,13-16H2,1-3H3,(H,28,32). The normalized spacial score (nSPS) is 13.7. The maximum absolute atomic E-state index is 14.0. The fraction of sp³-hybridized carbons (Fsp3) is 0.296. The number of carbonyl (C=O) groups is 1. The van der Waals surface area contributed by atoms with Crippen molar-refractivity contribution in [1.29, 1.82) is 0 Å². The lowest BCUT2D eigenvalue weighted by atomic mass is 10.0. The molecule has 0 bridgehead atoms. The van der Waals surface area contributed by atoms with E-state index >= 15 is 0 Å². The van der Waals surface area contributed by atoms with Gasteiger partial charge in [0.05, 0.1) is 23.9 Å². The van der Waals surface area contributed by atoms with E-state index < -0.39 is 0 Å². The number of carbonyl (C=O) groups excluding carboxylic acids is 1. The zero-order valence-corrected chi connectivity index (χ0v) is 22.1. The Kier molecular flexibility index (Phi) is 7.13. The van der Waals surface area contributed by atoms with Crippen molar-refractivity contribution in [1.82, 2.24) is 14.5 Å². The van der Waals surface area contributed by atoms with Crippen molar-refractivity contribution in [3.63, 3.8) is 0 Å². The number of thiophene rings is 1. The molecule has 1 aliphatic rings. The number of rotatable bonds is 7. The van der Waals surface area contributed by atoms with Crippen LogP contribution >= 0.6 is 23.1 Å². The Bertz CT molecular complexity index is 1450. The number of hydrogen-bond donors (Lipinski definition) is 1. The third-order valence-electron chi connectivity index (χ3n) is 6.32. The Morgan fingerprint density at radius 3 is 2.61 bits per heavy atom. The second-order valence-electron chi connectivity index (χ2n) is 8.93. The number of fused-ring (bicyclic) bond motifs is 3. The van der Waals surface area contributed by atoms with E-state index in [1.807, 2.05) is 54.6 Å². The highest BCUT2D eigenvalue weighted by Gasteiger charge is 2.26. The number of ether oxygens (including phenoxy) is 1. The molecule has 9 heteroatoms. The zero-order chi connectivity index (χ0) is 25.2. The number of nitrogens with one attached hydrogen (secondary N) is 1. The van der Waals surface area contributed by atoms with Crippen LogP contribution in [0.4, 0.5) is 5.69 Å². The van der Waals surface area contributed by atoms with Crippen LogP contribution in [0.3, 0.4) is 0 Å². The van der Waals surface area contributed by atoms with Gasteiger partial charge in [-0.05, 0) is 62.2 Å². The van der Waals surface area contributed by atoms with Crippen LogP contribution in [0, 0.1) is 0 Å². The molecule has 1 amide bonds. The molecule has 2 aromatic heterocycles. The van der Waals surface area contributed by atoms with E-state index in [4.69, 9.17) is 9.72 Å². The van der Waals surface area contributed by atoms with E-state index in [9.17, 15) is 9.59 Å². The molecular weight excluding hydrogens is 492 g/mol. The van der Waals surface area contributed by atoms with Crippen LogP contribution in [0.25, 0.3) is 15.9 Å². The number of benzene rings is 2. The van der Waals surface area contributed by atoms with Gasteiger partial charge >= 0.3 is 0 Å². The molecule has 186 valence electrons. The van der Waals surface area contributed by atoms with Gasteiger partial charge in [-0.15, -0.1) is 11.3 Å². The first kappa shape index (κ1) is 24.5. The third-order valence-corrected chi connectivity index (χ3v) is 8.37. The Labute approximate surface area is 218 Å². The third kappa shape index (κ3) is 4.91. The molecule has 0 spiro atoms. The summed E-state index contributed by atoms with van der Waals surface area (Å²) >= 11 is 2.86. The molecular formula is C27H28N4O3S2. The van der Waals surface area contributed by atoms with Gasteiger partial charge in [-0.2, -0.15) is 0 Å². The monoisotopic (exact) mass is 520 g/mol. The average molecular weight is 521 g/mol. The summed E-state index contributed by atoms with van der Waals surface area (Å²) in [4.78, 5) is 35.9. The number of methoxy groups -OCH3 is 1. The zero-order valence-electron chi connectivity index (χ0n) is 20.5. The van der Waals surface area contributed by atoms with Gasteiger partial charge < -0.3 is 10.1 Å². The van der Waals surface area contributed by atoms with Gasteiger partial charge in [-0.1, -0.05) is 30.0 Å². The molecule has 7 nitrogen and oxygen atoms in total. The molecule has 2 aromatic carbocycles. The molecule has 5 rings (SSSR count). The van der Waals surface area contributed by atoms with Crippen LogP contribution < -0.4 is 15.6 Å². The predicted molar refractivity (Wildman–Crippen MR) is 147 cm³/mol. The van der Waals surface area contributed by atoms with Crippen molar-refractivity contribution in [3.05, 3.63) is 75.4 Å². The summed E-state index contributed by atoms with van der Waals surface area (Å²) in [5, 5.41) is 4.10. The van der Waals surface area contributed by atoms with Crippen LogP contribution in [0.2, 0.25) is 0 Å². The molecule has 1 N–H and O–H groups in total. The molecule has 0 atom stereocenters. The predicted octanol–water partition coefficient (Wildman–Crippen LogP) is 4.95. The first-order chi connectivity index (χ1) is 17.4. The van der Waals surface area contributed by atoms with Crippen molar-refractivity contribution >= 4 is 44.9 Å². The lowest BCUT2D eigenvalue weighted by Crippen LogP contribution is -2.35. The summed E-state index contributed by atoms with van der Waals surface area (Å²) in [6, 6.07) is 17.1. The SMILES string of the molecule is COc1ccc(-n2c(SCC(=O)Nc3ccccc3)nc3sc4c(c3c2=O)CCN(C(C)C)C4)cc1. The van der Waals surface area contributed by atoms with Gasteiger partial charge in [0, 0.05) is 29.7 Å². The lowest BCUT2D eigenvalue weighted by Gasteiger charge is -2.30. The number of anilines is 1. The van der Waals surface area contributed by atoms with Crippen molar-refractivity contribution in [2.24, 2.45) is 0 Å². The van der Waals surface area contributed by atoms with E-state index in [1.165, 1.54) is 16.6 Å². The summed E-state index contributed by atoms with van der Waals surface area (Å²) in [6.45, 7) is 6.15. The molecule has 1 aliphatic heterocycles. The minimum atomic E-state index is -0.153. The van der Waals surface area contributed by atoms with E-state index in [2.05, 4.69) is 24.1 Å². The van der Waals surface area contributed by atoms with Gasteiger partial charge in [-0.25, -0.2) is 4.98 Å². The maximum atomic E-state index is 14.0. The molecule has 3 heterocycles. The quantitative estimate of drug-likeness (QED) is 0.274. The fourth-order valence-electron chi connectivity index (χ4n) is 4.39. The molecule has 36 heavy (non-hydrogen) atoms. The molecule has 0 saturated heterocycles. The van der Waals surface area contributed by atoms with Crippen LogP contribution in [-0.2, 0) is 17.8 Å². The van der Waals surface area contributed by atoms with E-state index in [0.29, 0.717) is 28.0 Å². The molecule has 4 aromatic rings. The average Bonchev–Trinajstić information content (AvgIpc) is 3.26. The smallest absolute Gasteiger partial charge is 0.267 e. The van der Waals surface area contributed by atoms with E-state index in [-0.39, 0.29) is 17.2 Å². The van der Waals surface area contributed by atoms with Gasteiger partial charge in [0.25, 0.3) is 5.56 Å². The lowest BCUT2D eigenvalue weighted by molar-refractivity contribution is -0.113. The number of amides is 1. The number of hydrogen-bond acceptors (Lipinski definition) is 7. The molecule has 0 radical (unpaired) electrons. The summed E-state index contributed by atoms with van der Waals surface area (Å²) in [5.41, 5.74) is 2.46. The Morgan fingerprint density at radius 2 is 1.92 bits per heavy atom. The van der Waals surface area contributed by atoms with Gasteiger partial charge in [-0.3, -0.25) is 19.1 Å². The van der Waals surface area contributed by atoms with Crippen LogP contribution in [0.15, 0.2) is 64.5 Å². The molecule has 0 unspecified atom stereocenters. The van der Waals surface area contributed by atoms with Gasteiger partial charge in [0.2, 0.25) is 5.91 Å². The number of nitrogens with zero attached hydrogens (tertiary/aromatic N) is 3. The minimum Gasteiger partial charge on any atom is -0.497 e. The second kappa shape index (κ2) is 10.5. The Morgan fingerprint density at radius 1 is 1.17 bits per heavy atom. The minimum absolute atomic E-state index is 0.0911. The second-order valence-corrected chi connectivity index (χ2v) is 11.0. The first-order valence-electron chi connectivity index (χ1n) is 11.9. The van der Waals surface area contributed by atoms with Gasteiger partial charge in [0.15, 0.2) is 5.16 Å². The fourth-order valence-corrected chi connectivity index (χ4v) is 6.49. The van der Waals surface area contributed by atoms with Crippen molar-refractivity contribution in [3.8, 4) is 11.4 Å². The molecule has 0 aliphatic carbocycles. The molecule has 0 saturated carbocycles. The first-order valence-corrected chi connectivity index (χ1v) is 13.7. The summed E-state index contributed by atoms with van der Waals surface area (Å²) < 4.78 is 6.93. The number of thioether (sulfide) groups is 1. The van der Waals surface area contributed by atoms with Crippen LogP contribution in [0.5, 0.6) is 5.75 Å². The highest BCUT2D eigenvalue weighted by molar-refractivity contribution is 7.99. The van der Waals surface area contributed by atoms with Crippen LogP contribution in [0.1, 0.15) is 24.3 Å². The highest BCUT2D eigenvalue weighted by Crippen LogP contribution is 2.35. The molecule has 0 fully saturated rings. The highest BCUT2D eigenvalue weighted by atomic mass is 32.2. The maximum Gasteiger partial charge on any atom is 0.267 e. The van der Waals surface area contributed by atoms with Gasteiger partial charge in [0.1, 0.15) is 10.6 Å².